The number of likely N-dealkylation sites (tertiary alicyclic amines) is 1. The van der Waals surface area contributed by atoms with Gasteiger partial charge in [0, 0.05) is 33.7 Å². The molecular formula is C11H17F3N2O4. The van der Waals surface area contributed by atoms with Crippen LogP contribution in [-0.4, -0.2) is 72.5 Å². The van der Waals surface area contributed by atoms with Crippen LogP contribution in [-0.2, 0) is 9.53 Å². The molecule has 1 fully saturated rings. The van der Waals surface area contributed by atoms with E-state index in [1.54, 1.807) is 0 Å². The number of aliphatic carboxylic acids is 1. The molecule has 0 aromatic carbocycles. The van der Waals surface area contributed by atoms with E-state index in [0.717, 1.165) is 9.80 Å². The Balaban J connectivity index is 2.66. The molecule has 0 spiro atoms. The first-order valence-corrected chi connectivity index (χ1v) is 5.99. The number of hydrogen-bond acceptors (Lipinski definition) is 3. The molecule has 20 heavy (non-hydrogen) atoms. The van der Waals surface area contributed by atoms with Gasteiger partial charge < -0.3 is 19.6 Å². The summed E-state index contributed by atoms with van der Waals surface area (Å²) in [4.78, 5) is 25.0. The average Bonchev–Trinajstić information content (AvgIpc) is 2.78. The van der Waals surface area contributed by atoms with Gasteiger partial charge in [0.15, 0.2) is 0 Å². The number of amides is 2. The highest BCUT2D eigenvalue weighted by Gasteiger charge is 2.41. The van der Waals surface area contributed by atoms with Crippen molar-refractivity contribution in [2.45, 2.75) is 31.2 Å². The Kier molecular flexibility index (Phi) is 5.21. The number of carboxylic acid groups (broad SMARTS) is 1. The quantitative estimate of drug-likeness (QED) is 0.845. The van der Waals surface area contributed by atoms with Gasteiger partial charge in [0.25, 0.3) is 0 Å². The van der Waals surface area contributed by atoms with Crippen molar-refractivity contribution in [3.63, 3.8) is 0 Å². The first kappa shape index (κ1) is 16.5. The Morgan fingerprint density at radius 3 is 2.50 bits per heavy atom. The topological polar surface area (TPSA) is 70.1 Å². The van der Waals surface area contributed by atoms with E-state index < -0.39 is 43.3 Å². The normalized spacial score (nSPS) is 22.9. The first-order valence-electron chi connectivity index (χ1n) is 5.99. The molecule has 0 radical (unpaired) electrons. The Bertz CT molecular complexity index is 375. The van der Waals surface area contributed by atoms with E-state index in [0.29, 0.717) is 0 Å². The van der Waals surface area contributed by atoms with Crippen molar-refractivity contribution in [3.05, 3.63) is 0 Å². The first-order chi connectivity index (χ1) is 9.15. The van der Waals surface area contributed by atoms with Crippen molar-refractivity contribution in [1.29, 1.82) is 0 Å². The summed E-state index contributed by atoms with van der Waals surface area (Å²) in [6.07, 6.45) is -5.78. The van der Waals surface area contributed by atoms with Crippen molar-refractivity contribution in [2.24, 2.45) is 0 Å². The number of halogens is 3. The maximum atomic E-state index is 12.1. The fraction of sp³-hybridized carbons (Fsp3) is 0.818. The van der Waals surface area contributed by atoms with Crippen molar-refractivity contribution in [3.8, 4) is 0 Å². The number of carbonyl (C=O) groups excluding carboxylic acids is 1. The second-order valence-corrected chi connectivity index (χ2v) is 4.67. The van der Waals surface area contributed by atoms with E-state index in [1.807, 2.05) is 0 Å². The van der Waals surface area contributed by atoms with E-state index in [4.69, 9.17) is 9.84 Å². The van der Waals surface area contributed by atoms with Crippen LogP contribution in [0.25, 0.3) is 0 Å². The number of methoxy groups -OCH3 is 1. The highest BCUT2D eigenvalue weighted by atomic mass is 19.4. The van der Waals surface area contributed by atoms with Crippen LogP contribution in [0.4, 0.5) is 18.0 Å². The molecule has 1 heterocycles. The van der Waals surface area contributed by atoms with Gasteiger partial charge in [-0.2, -0.15) is 13.2 Å². The molecular weight excluding hydrogens is 281 g/mol. The largest absolute Gasteiger partial charge is 0.480 e. The minimum absolute atomic E-state index is 0.0582. The summed E-state index contributed by atoms with van der Waals surface area (Å²) in [5.41, 5.74) is 0. The third-order valence-corrected chi connectivity index (χ3v) is 3.18. The highest BCUT2D eigenvalue weighted by molar-refractivity contribution is 5.83. The molecule has 1 aliphatic heterocycles. The van der Waals surface area contributed by atoms with Gasteiger partial charge in [-0.3, -0.25) is 0 Å². The van der Waals surface area contributed by atoms with Crippen LogP contribution in [0.5, 0.6) is 0 Å². The third kappa shape index (κ3) is 4.26. The Labute approximate surface area is 114 Å². The predicted molar refractivity (Wildman–Crippen MR) is 62.2 cm³/mol. The van der Waals surface area contributed by atoms with Crippen molar-refractivity contribution in [1.82, 2.24) is 9.80 Å². The number of urea groups is 1. The number of hydrogen-bond donors (Lipinski definition) is 1. The zero-order valence-electron chi connectivity index (χ0n) is 11.2. The monoisotopic (exact) mass is 298 g/mol. The number of alkyl halides is 3. The molecule has 0 aliphatic carbocycles. The minimum Gasteiger partial charge on any atom is -0.480 e. The van der Waals surface area contributed by atoms with E-state index >= 15 is 0 Å². The Hall–Kier alpha value is -1.51. The molecule has 116 valence electrons. The molecule has 0 bridgehead atoms. The van der Waals surface area contributed by atoms with Crippen LogP contribution in [0, 0.1) is 0 Å². The van der Waals surface area contributed by atoms with Gasteiger partial charge in [0.05, 0.1) is 12.5 Å². The van der Waals surface area contributed by atoms with E-state index in [1.165, 1.54) is 14.2 Å². The number of ether oxygens (including phenoxy) is 1. The number of carbonyl (C=O) groups is 2. The fourth-order valence-corrected chi connectivity index (χ4v) is 2.02. The maximum Gasteiger partial charge on any atom is 0.390 e. The highest BCUT2D eigenvalue weighted by Crippen LogP contribution is 2.23. The van der Waals surface area contributed by atoms with Crippen LogP contribution in [0.2, 0.25) is 0 Å². The molecule has 9 heteroatoms. The lowest BCUT2D eigenvalue weighted by Crippen LogP contribution is -2.47. The number of nitrogens with zero attached hydrogens (tertiary/aromatic N) is 2. The Morgan fingerprint density at radius 2 is 2.05 bits per heavy atom. The molecule has 1 N–H and O–H groups in total. The molecule has 1 aliphatic rings. The van der Waals surface area contributed by atoms with Crippen LogP contribution >= 0.6 is 0 Å². The van der Waals surface area contributed by atoms with Crippen LogP contribution in [0.15, 0.2) is 0 Å². The van der Waals surface area contributed by atoms with Gasteiger partial charge in [0.1, 0.15) is 6.04 Å². The molecule has 1 rings (SSSR count). The Morgan fingerprint density at radius 1 is 1.45 bits per heavy atom. The summed E-state index contributed by atoms with van der Waals surface area (Å²) >= 11 is 0. The lowest BCUT2D eigenvalue weighted by atomic mass is 10.2. The standard InChI is InChI=1S/C11H17F3N2O4/c1-15(4-3-11(12,13)14)10(19)16-6-7(20-2)5-8(16)9(17)18/h7-8H,3-6H2,1-2H3,(H,17,18). The molecule has 0 aromatic rings. The van der Waals surface area contributed by atoms with Crippen LogP contribution in [0.1, 0.15) is 12.8 Å². The molecule has 0 saturated carbocycles. The zero-order chi connectivity index (χ0) is 15.5. The fourth-order valence-electron chi connectivity index (χ4n) is 2.02. The van der Waals surface area contributed by atoms with Crippen LogP contribution in [0.3, 0.4) is 0 Å². The summed E-state index contributed by atoms with van der Waals surface area (Å²) in [5, 5.41) is 9.04. The molecule has 2 atom stereocenters. The smallest absolute Gasteiger partial charge is 0.390 e. The van der Waals surface area contributed by atoms with E-state index in [9.17, 15) is 22.8 Å². The van der Waals surface area contributed by atoms with Crippen molar-refractivity contribution < 1.29 is 32.6 Å². The number of carboxylic acids is 1. The summed E-state index contributed by atoms with van der Waals surface area (Å²) in [6, 6.07) is -1.80. The molecule has 0 aromatic heterocycles. The number of rotatable bonds is 4. The zero-order valence-corrected chi connectivity index (χ0v) is 11.2. The molecule has 1 saturated heterocycles. The van der Waals surface area contributed by atoms with E-state index in [-0.39, 0.29) is 13.0 Å². The van der Waals surface area contributed by atoms with E-state index in [2.05, 4.69) is 0 Å². The lowest BCUT2D eigenvalue weighted by molar-refractivity contribution is -0.142. The maximum absolute atomic E-state index is 12.1. The summed E-state index contributed by atoms with van der Waals surface area (Å²) in [5.74, 6) is -1.19. The van der Waals surface area contributed by atoms with Gasteiger partial charge in [0.2, 0.25) is 0 Å². The van der Waals surface area contributed by atoms with Crippen LogP contribution < -0.4 is 0 Å². The summed E-state index contributed by atoms with van der Waals surface area (Å²) < 4.78 is 41.3. The molecule has 2 amide bonds. The van der Waals surface area contributed by atoms with Gasteiger partial charge in [-0.05, 0) is 0 Å². The average molecular weight is 298 g/mol. The molecule has 2 unspecified atom stereocenters. The molecule has 6 nitrogen and oxygen atoms in total. The van der Waals surface area contributed by atoms with Gasteiger partial charge >= 0.3 is 18.2 Å². The summed E-state index contributed by atoms with van der Waals surface area (Å²) in [6.45, 7) is -0.453. The third-order valence-electron chi connectivity index (χ3n) is 3.18. The van der Waals surface area contributed by atoms with Gasteiger partial charge in [-0.1, -0.05) is 0 Å². The SMILES string of the molecule is COC1CC(C(=O)O)N(C(=O)N(C)CCC(F)(F)F)C1. The predicted octanol–water partition coefficient (Wildman–Crippen LogP) is 1.16. The van der Waals surface area contributed by atoms with Crippen molar-refractivity contribution >= 4 is 12.0 Å². The van der Waals surface area contributed by atoms with Crippen molar-refractivity contribution in [2.75, 3.05) is 27.2 Å². The van der Waals surface area contributed by atoms with Gasteiger partial charge in [-0.25, -0.2) is 9.59 Å². The van der Waals surface area contributed by atoms with Gasteiger partial charge in [-0.15, -0.1) is 0 Å². The second kappa shape index (κ2) is 6.29. The second-order valence-electron chi connectivity index (χ2n) is 4.67. The lowest BCUT2D eigenvalue weighted by Gasteiger charge is -2.27. The summed E-state index contributed by atoms with van der Waals surface area (Å²) in [7, 11) is 2.61. The minimum atomic E-state index is -4.36.